The summed E-state index contributed by atoms with van der Waals surface area (Å²) in [4.78, 5) is 27.6. The van der Waals surface area contributed by atoms with Crippen molar-refractivity contribution in [2.75, 3.05) is 38.2 Å². The van der Waals surface area contributed by atoms with Gasteiger partial charge in [-0.3, -0.25) is 14.9 Å². The maximum Gasteiger partial charge on any atom is 0.334 e. The number of ether oxygens (including phenoxy) is 1. The number of amides is 1. The first kappa shape index (κ1) is 18.7. The summed E-state index contributed by atoms with van der Waals surface area (Å²) in [6.45, 7) is 3.85. The Morgan fingerprint density at radius 2 is 2.00 bits per heavy atom. The van der Waals surface area contributed by atoms with Gasteiger partial charge in [-0.25, -0.2) is 4.68 Å². The summed E-state index contributed by atoms with van der Waals surface area (Å²) in [5, 5.41) is 15.8. The SMILES string of the molecule is CCc1nn(C)c(N2CCN(C(=O)c3cccc(OC)c3)CC2)c1[N+](=O)[O-]. The fourth-order valence-corrected chi connectivity index (χ4v) is 3.40. The lowest BCUT2D eigenvalue weighted by Crippen LogP contribution is -2.49. The second kappa shape index (κ2) is 7.65. The number of hydrogen-bond acceptors (Lipinski definition) is 6. The number of methoxy groups -OCH3 is 1. The molecule has 3 rings (SSSR count). The summed E-state index contributed by atoms with van der Waals surface area (Å²) in [7, 11) is 3.28. The van der Waals surface area contributed by atoms with Gasteiger partial charge in [0.2, 0.25) is 5.82 Å². The molecular formula is C18H23N5O4. The second-order valence-corrected chi connectivity index (χ2v) is 6.36. The summed E-state index contributed by atoms with van der Waals surface area (Å²) in [6, 6.07) is 7.06. The smallest absolute Gasteiger partial charge is 0.334 e. The number of rotatable bonds is 5. The molecule has 2 heterocycles. The van der Waals surface area contributed by atoms with Crippen molar-refractivity contribution in [1.82, 2.24) is 14.7 Å². The van der Waals surface area contributed by atoms with Gasteiger partial charge in [-0.1, -0.05) is 13.0 Å². The summed E-state index contributed by atoms with van der Waals surface area (Å²) >= 11 is 0. The molecular weight excluding hydrogens is 350 g/mol. The lowest BCUT2D eigenvalue weighted by molar-refractivity contribution is -0.384. The number of nitrogens with zero attached hydrogens (tertiary/aromatic N) is 5. The minimum Gasteiger partial charge on any atom is -0.497 e. The van der Waals surface area contributed by atoms with Crippen LogP contribution in [0.3, 0.4) is 0 Å². The molecule has 0 aliphatic carbocycles. The molecule has 0 radical (unpaired) electrons. The molecule has 0 saturated carbocycles. The summed E-state index contributed by atoms with van der Waals surface area (Å²) < 4.78 is 6.74. The van der Waals surface area contributed by atoms with Crippen LogP contribution in [0.5, 0.6) is 5.75 Å². The number of nitro groups is 1. The van der Waals surface area contributed by atoms with E-state index in [4.69, 9.17) is 4.74 Å². The second-order valence-electron chi connectivity index (χ2n) is 6.36. The zero-order chi connectivity index (χ0) is 19.6. The first-order valence-corrected chi connectivity index (χ1v) is 8.84. The molecule has 0 N–H and O–H groups in total. The van der Waals surface area contributed by atoms with E-state index >= 15 is 0 Å². The number of anilines is 1. The molecule has 27 heavy (non-hydrogen) atoms. The third kappa shape index (κ3) is 3.57. The molecule has 0 atom stereocenters. The van der Waals surface area contributed by atoms with Crippen LogP contribution >= 0.6 is 0 Å². The zero-order valence-electron chi connectivity index (χ0n) is 15.7. The van der Waals surface area contributed by atoms with Crippen molar-refractivity contribution in [3.05, 3.63) is 45.6 Å². The average molecular weight is 373 g/mol. The normalized spacial score (nSPS) is 14.3. The third-order valence-electron chi connectivity index (χ3n) is 4.76. The maximum atomic E-state index is 12.7. The van der Waals surface area contributed by atoms with E-state index in [1.165, 1.54) is 0 Å². The van der Waals surface area contributed by atoms with E-state index in [-0.39, 0.29) is 16.5 Å². The van der Waals surface area contributed by atoms with Gasteiger partial charge in [0, 0.05) is 38.8 Å². The summed E-state index contributed by atoms with van der Waals surface area (Å²) in [6.07, 6.45) is 0.498. The van der Waals surface area contributed by atoms with Crippen molar-refractivity contribution in [2.24, 2.45) is 7.05 Å². The van der Waals surface area contributed by atoms with Crippen LogP contribution in [0.15, 0.2) is 24.3 Å². The highest BCUT2D eigenvalue weighted by Gasteiger charge is 2.32. The molecule has 0 unspecified atom stereocenters. The number of carbonyl (C=O) groups excluding carboxylic acids is 1. The number of hydrogen-bond donors (Lipinski definition) is 0. The van der Waals surface area contributed by atoms with Crippen LogP contribution in [0, 0.1) is 10.1 Å². The van der Waals surface area contributed by atoms with E-state index < -0.39 is 0 Å². The Morgan fingerprint density at radius 3 is 2.59 bits per heavy atom. The Morgan fingerprint density at radius 1 is 1.30 bits per heavy atom. The van der Waals surface area contributed by atoms with Crippen molar-refractivity contribution >= 4 is 17.4 Å². The number of piperazine rings is 1. The Labute approximate surface area is 157 Å². The first-order chi connectivity index (χ1) is 13.0. The molecule has 1 saturated heterocycles. The van der Waals surface area contributed by atoms with Crippen molar-refractivity contribution < 1.29 is 14.5 Å². The highest BCUT2D eigenvalue weighted by molar-refractivity contribution is 5.94. The van der Waals surface area contributed by atoms with Crippen molar-refractivity contribution in [3.63, 3.8) is 0 Å². The van der Waals surface area contributed by atoms with Gasteiger partial charge < -0.3 is 14.5 Å². The van der Waals surface area contributed by atoms with Crippen molar-refractivity contribution in [3.8, 4) is 5.75 Å². The van der Waals surface area contributed by atoms with E-state index in [1.54, 1.807) is 48.0 Å². The van der Waals surface area contributed by atoms with Gasteiger partial charge in [-0.05, 0) is 24.6 Å². The van der Waals surface area contributed by atoms with Gasteiger partial charge in [0.15, 0.2) is 0 Å². The minimum absolute atomic E-state index is 0.0626. The van der Waals surface area contributed by atoms with E-state index in [9.17, 15) is 14.9 Å². The van der Waals surface area contributed by atoms with E-state index in [1.807, 2.05) is 11.8 Å². The Balaban J connectivity index is 1.75. The monoisotopic (exact) mass is 373 g/mol. The largest absolute Gasteiger partial charge is 0.497 e. The van der Waals surface area contributed by atoms with Crippen LogP contribution < -0.4 is 9.64 Å². The highest BCUT2D eigenvalue weighted by Crippen LogP contribution is 2.32. The van der Waals surface area contributed by atoms with Gasteiger partial charge in [0.25, 0.3) is 5.91 Å². The average Bonchev–Trinajstić information content (AvgIpc) is 3.04. The van der Waals surface area contributed by atoms with Crippen LogP contribution in [0.25, 0.3) is 0 Å². The van der Waals surface area contributed by atoms with Gasteiger partial charge in [0.1, 0.15) is 11.4 Å². The predicted octanol–water partition coefficient (Wildman–Crippen LogP) is 1.86. The highest BCUT2D eigenvalue weighted by atomic mass is 16.6. The molecule has 1 aliphatic heterocycles. The number of carbonyl (C=O) groups is 1. The standard InChI is InChI=1S/C18H23N5O4/c1-4-15-16(23(25)26)17(20(2)19-15)21-8-10-22(11-9-21)18(24)13-6-5-7-14(12-13)27-3/h5-7,12H,4,8-11H2,1-3H3. The Kier molecular flexibility index (Phi) is 5.29. The zero-order valence-corrected chi connectivity index (χ0v) is 15.7. The van der Waals surface area contributed by atoms with Crippen LogP contribution in [0.1, 0.15) is 23.0 Å². The van der Waals surface area contributed by atoms with Crippen molar-refractivity contribution in [1.29, 1.82) is 0 Å². The van der Waals surface area contributed by atoms with Gasteiger partial charge >= 0.3 is 5.69 Å². The fraction of sp³-hybridized carbons (Fsp3) is 0.444. The quantitative estimate of drug-likeness (QED) is 0.587. The Bertz CT molecular complexity index is 855. The number of aromatic nitrogens is 2. The van der Waals surface area contributed by atoms with Gasteiger partial charge in [-0.2, -0.15) is 5.10 Å². The topological polar surface area (TPSA) is 93.7 Å². The predicted molar refractivity (Wildman–Crippen MR) is 100 cm³/mol. The molecule has 1 amide bonds. The molecule has 0 bridgehead atoms. The molecule has 9 heteroatoms. The van der Waals surface area contributed by atoms with E-state index in [0.717, 1.165) is 0 Å². The number of aryl methyl sites for hydroxylation is 2. The minimum atomic E-state index is -0.366. The molecule has 0 spiro atoms. The van der Waals surface area contributed by atoms with E-state index in [2.05, 4.69) is 5.10 Å². The van der Waals surface area contributed by atoms with E-state index in [0.29, 0.717) is 55.4 Å². The molecule has 9 nitrogen and oxygen atoms in total. The maximum absolute atomic E-state index is 12.7. The van der Waals surface area contributed by atoms with Gasteiger partial charge in [0.05, 0.1) is 12.0 Å². The third-order valence-corrected chi connectivity index (χ3v) is 4.76. The number of benzene rings is 1. The van der Waals surface area contributed by atoms with Gasteiger partial charge in [-0.15, -0.1) is 0 Å². The van der Waals surface area contributed by atoms with Crippen LogP contribution in [-0.2, 0) is 13.5 Å². The summed E-state index contributed by atoms with van der Waals surface area (Å²) in [5.41, 5.74) is 1.11. The lowest BCUT2D eigenvalue weighted by Gasteiger charge is -2.35. The molecule has 1 aromatic heterocycles. The molecule has 1 fully saturated rings. The van der Waals surface area contributed by atoms with Crippen LogP contribution in [-0.4, -0.2) is 58.8 Å². The molecule has 1 aliphatic rings. The molecule has 144 valence electrons. The molecule has 2 aromatic rings. The van der Waals surface area contributed by atoms with Crippen LogP contribution in [0.4, 0.5) is 11.5 Å². The first-order valence-electron chi connectivity index (χ1n) is 8.84. The molecule has 1 aromatic carbocycles. The summed E-state index contributed by atoms with van der Waals surface area (Å²) in [5.74, 6) is 1.07. The Hall–Kier alpha value is -3.10. The van der Waals surface area contributed by atoms with Crippen LogP contribution in [0.2, 0.25) is 0 Å². The van der Waals surface area contributed by atoms with Crippen molar-refractivity contribution in [2.45, 2.75) is 13.3 Å². The lowest BCUT2D eigenvalue weighted by atomic mass is 10.1. The fourth-order valence-electron chi connectivity index (χ4n) is 3.40.